The fourth-order valence-corrected chi connectivity index (χ4v) is 5.41. The van der Waals surface area contributed by atoms with E-state index in [1.807, 2.05) is 17.0 Å². The zero-order valence-corrected chi connectivity index (χ0v) is 19.1. The van der Waals surface area contributed by atoms with E-state index in [-0.39, 0.29) is 10.8 Å². The maximum absolute atomic E-state index is 12.8. The highest BCUT2D eigenvalue weighted by Crippen LogP contribution is 2.33. The number of nitrogens with zero attached hydrogens (tertiary/aromatic N) is 1. The second-order valence-electron chi connectivity index (χ2n) is 8.52. The number of carbonyl (C=O) groups is 1. The van der Waals surface area contributed by atoms with E-state index in [4.69, 9.17) is 4.74 Å². The van der Waals surface area contributed by atoms with E-state index < -0.39 is 10.0 Å². The molecule has 0 aromatic heterocycles. The highest BCUT2D eigenvalue weighted by molar-refractivity contribution is 7.92. The Balaban J connectivity index is 1.33. The van der Waals surface area contributed by atoms with Crippen molar-refractivity contribution in [1.82, 2.24) is 4.90 Å². The highest BCUT2D eigenvalue weighted by atomic mass is 32.2. The molecule has 2 fully saturated rings. The van der Waals surface area contributed by atoms with Gasteiger partial charge in [-0.25, -0.2) is 8.42 Å². The minimum atomic E-state index is -3.67. The Labute approximate surface area is 190 Å². The van der Waals surface area contributed by atoms with Gasteiger partial charge in [0.1, 0.15) is 0 Å². The standard InChI is InChI=1S/C24H31N3O4S/c28-24(18-27-14-16-31-17-15-27)25-21-8-10-22(11-9-21)26-32(29,30)23-12-6-20(7-13-23)19-4-2-1-3-5-19/h6-13,19,26H,1-5,14-18H2,(H,25,28). The lowest BCUT2D eigenvalue weighted by Gasteiger charge is -2.25. The topological polar surface area (TPSA) is 87.7 Å². The molecule has 2 aromatic rings. The van der Waals surface area contributed by atoms with Crippen LogP contribution in [-0.4, -0.2) is 52.1 Å². The monoisotopic (exact) mass is 457 g/mol. The normalized spacial score (nSPS) is 18.2. The van der Waals surface area contributed by atoms with Gasteiger partial charge in [-0.1, -0.05) is 31.4 Å². The van der Waals surface area contributed by atoms with Gasteiger partial charge in [0.25, 0.3) is 10.0 Å². The van der Waals surface area contributed by atoms with Crippen molar-refractivity contribution in [2.75, 3.05) is 42.9 Å². The van der Waals surface area contributed by atoms with Crippen LogP contribution in [0.25, 0.3) is 0 Å². The van der Waals surface area contributed by atoms with Gasteiger partial charge in [0, 0.05) is 24.5 Å². The molecule has 2 N–H and O–H groups in total. The van der Waals surface area contributed by atoms with Crippen molar-refractivity contribution in [2.24, 2.45) is 0 Å². The van der Waals surface area contributed by atoms with Gasteiger partial charge in [-0.05, 0) is 60.7 Å². The molecule has 0 atom stereocenters. The quantitative estimate of drug-likeness (QED) is 0.660. The Kier molecular flexibility index (Phi) is 7.44. The first-order valence-corrected chi connectivity index (χ1v) is 12.8. The number of benzene rings is 2. The van der Waals surface area contributed by atoms with Gasteiger partial charge in [0.2, 0.25) is 5.91 Å². The van der Waals surface area contributed by atoms with Crippen LogP contribution < -0.4 is 10.0 Å². The number of morpholine rings is 1. The molecule has 1 saturated heterocycles. The van der Waals surface area contributed by atoms with E-state index in [1.165, 1.54) is 37.7 Å². The minimum absolute atomic E-state index is 0.0988. The van der Waals surface area contributed by atoms with Gasteiger partial charge < -0.3 is 10.1 Å². The molecule has 0 bridgehead atoms. The largest absolute Gasteiger partial charge is 0.379 e. The van der Waals surface area contributed by atoms with E-state index >= 15 is 0 Å². The molecule has 1 heterocycles. The number of hydrogen-bond acceptors (Lipinski definition) is 5. The van der Waals surface area contributed by atoms with Gasteiger partial charge in [-0.15, -0.1) is 0 Å². The molecule has 1 aliphatic carbocycles. The Morgan fingerprint density at radius 1 is 0.906 bits per heavy atom. The number of ether oxygens (including phenoxy) is 1. The lowest BCUT2D eigenvalue weighted by Crippen LogP contribution is -2.41. The van der Waals surface area contributed by atoms with Crippen LogP contribution in [0.3, 0.4) is 0 Å². The summed E-state index contributed by atoms with van der Waals surface area (Å²) in [5.41, 5.74) is 2.30. The molecule has 0 radical (unpaired) electrons. The number of nitrogens with one attached hydrogen (secondary N) is 2. The first-order valence-electron chi connectivity index (χ1n) is 11.3. The van der Waals surface area contributed by atoms with Crippen LogP contribution in [0.2, 0.25) is 0 Å². The zero-order valence-electron chi connectivity index (χ0n) is 18.3. The van der Waals surface area contributed by atoms with E-state index in [1.54, 1.807) is 36.4 Å². The van der Waals surface area contributed by atoms with Crippen molar-refractivity contribution in [3.05, 3.63) is 54.1 Å². The maximum Gasteiger partial charge on any atom is 0.261 e. The third-order valence-electron chi connectivity index (χ3n) is 6.16. The van der Waals surface area contributed by atoms with Gasteiger partial charge in [0.05, 0.1) is 24.7 Å². The second kappa shape index (κ2) is 10.5. The van der Waals surface area contributed by atoms with Gasteiger partial charge >= 0.3 is 0 Å². The number of hydrogen-bond donors (Lipinski definition) is 2. The van der Waals surface area contributed by atoms with Crippen molar-refractivity contribution in [3.8, 4) is 0 Å². The third kappa shape index (κ3) is 6.09. The SMILES string of the molecule is O=C(CN1CCOCC1)Nc1ccc(NS(=O)(=O)c2ccc(C3CCCCC3)cc2)cc1. The molecular weight excluding hydrogens is 426 g/mol. The molecule has 7 nitrogen and oxygen atoms in total. The molecule has 0 unspecified atom stereocenters. The number of sulfonamides is 1. The van der Waals surface area contributed by atoms with Gasteiger partial charge in [0.15, 0.2) is 0 Å². The maximum atomic E-state index is 12.8. The fraction of sp³-hybridized carbons (Fsp3) is 0.458. The van der Waals surface area contributed by atoms with Crippen LogP contribution in [0.1, 0.15) is 43.6 Å². The molecule has 2 aromatic carbocycles. The Morgan fingerprint density at radius 3 is 2.19 bits per heavy atom. The van der Waals surface area contributed by atoms with Crippen LogP contribution >= 0.6 is 0 Å². The summed E-state index contributed by atoms with van der Waals surface area (Å²) in [5, 5.41) is 2.85. The fourth-order valence-electron chi connectivity index (χ4n) is 4.35. The average molecular weight is 458 g/mol. The molecule has 4 rings (SSSR count). The van der Waals surface area contributed by atoms with Crippen molar-refractivity contribution < 1.29 is 17.9 Å². The van der Waals surface area contributed by atoms with Crippen LogP contribution in [0, 0.1) is 0 Å². The van der Waals surface area contributed by atoms with Crippen molar-refractivity contribution in [2.45, 2.75) is 42.9 Å². The molecular formula is C24H31N3O4S. The number of carbonyl (C=O) groups excluding carboxylic acids is 1. The summed E-state index contributed by atoms with van der Waals surface area (Å²) < 4.78 is 33.5. The number of rotatable bonds is 7. The average Bonchev–Trinajstić information content (AvgIpc) is 2.81. The van der Waals surface area contributed by atoms with E-state index in [0.29, 0.717) is 37.1 Å². The summed E-state index contributed by atoms with van der Waals surface area (Å²) in [5.74, 6) is 0.442. The first-order chi connectivity index (χ1) is 15.5. The second-order valence-corrected chi connectivity index (χ2v) is 10.2. The predicted molar refractivity (Wildman–Crippen MR) is 125 cm³/mol. The highest BCUT2D eigenvalue weighted by Gasteiger charge is 2.19. The number of anilines is 2. The number of amides is 1. The third-order valence-corrected chi connectivity index (χ3v) is 7.56. The van der Waals surface area contributed by atoms with Crippen molar-refractivity contribution in [1.29, 1.82) is 0 Å². The van der Waals surface area contributed by atoms with Crippen LogP contribution in [-0.2, 0) is 19.6 Å². The van der Waals surface area contributed by atoms with Gasteiger partial charge in [-0.2, -0.15) is 0 Å². The molecule has 8 heteroatoms. The lowest BCUT2D eigenvalue weighted by molar-refractivity contribution is -0.118. The molecule has 172 valence electrons. The Morgan fingerprint density at radius 2 is 1.53 bits per heavy atom. The van der Waals surface area contributed by atoms with E-state index in [0.717, 1.165) is 13.1 Å². The van der Waals surface area contributed by atoms with Crippen molar-refractivity contribution >= 4 is 27.3 Å². The summed E-state index contributed by atoms with van der Waals surface area (Å²) in [4.78, 5) is 14.5. The molecule has 0 spiro atoms. The van der Waals surface area contributed by atoms with E-state index in [2.05, 4.69) is 10.0 Å². The molecule has 2 aliphatic rings. The molecule has 1 aliphatic heterocycles. The smallest absolute Gasteiger partial charge is 0.261 e. The Hall–Kier alpha value is -2.42. The summed E-state index contributed by atoms with van der Waals surface area (Å²) >= 11 is 0. The minimum Gasteiger partial charge on any atom is -0.379 e. The molecule has 32 heavy (non-hydrogen) atoms. The summed E-state index contributed by atoms with van der Waals surface area (Å²) in [6.45, 7) is 3.09. The predicted octanol–water partition coefficient (Wildman–Crippen LogP) is 3.81. The summed E-state index contributed by atoms with van der Waals surface area (Å²) in [7, 11) is -3.67. The summed E-state index contributed by atoms with van der Waals surface area (Å²) in [6.07, 6.45) is 6.15. The van der Waals surface area contributed by atoms with Crippen molar-refractivity contribution in [3.63, 3.8) is 0 Å². The molecule has 1 saturated carbocycles. The van der Waals surface area contributed by atoms with Crippen LogP contribution in [0.5, 0.6) is 0 Å². The summed E-state index contributed by atoms with van der Waals surface area (Å²) in [6, 6.07) is 14.0. The van der Waals surface area contributed by atoms with E-state index in [9.17, 15) is 13.2 Å². The van der Waals surface area contributed by atoms with Crippen LogP contribution in [0.4, 0.5) is 11.4 Å². The van der Waals surface area contributed by atoms with Crippen LogP contribution in [0.15, 0.2) is 53.4 Å². The van der Waals surface area contributed by atoms with Gasteiger partial charge in [-0.3, -0.25) is 14.4 Å². The first kappa shape index (κ1) is 22.8. The Bertz CT molecular complexity index is 995. The lowest BCUT2D eigenvalue weighted by atomic mass is 9.84. The molecule has 1 amide bonds. The zero-order chi connectivity index (χ0) is 22.4.